The molecule has 24 heavy (non-hydrogen) atoms. The number of fused-ring (bicyclic) bond motifs is 1. The van der Waals surface area contributed by atoms with Gasteiger partial charge in [-0.15, -0.1) is 0 Å². The van der Waals surface area contributed by atoms with Gasteiger partial charge in [0.05, 0.1) is 17.6 Å². The first-order valence-electron chi connectivity index (χ1n) is 7.90. The minimum absolute atomic E-state index is 0.134. The molecule has 0 radical (unpaired) electrons. The number of amides is 1. The second-order valence-electron chi connectivity index (χ2n) is 6.59. The van der Waals surface area contributed by atoms with E-state index in [4.69, 9.17) is 4.74 Å². The summed E-state index contributed by atoms with van der Waals surface area (Å²) in [5.41, 5.74) is 0.577. The third-order valence-electron chi connectivity index (χ3n) is 3.28. The first-order valence-corrected chi connectivity index (χ1v) is 7.90. The van der Waals surface area contributed by atoms with Crippen LogP contribution in [0.4, 0.5) is 4.79 Å². The molecule has 0 fully saturated rings. The fraction of sp³-hybridized carbons (Fsp3) is 0.471. The van der Waals surface area contributed by atoms with E-state index in [2.05, 4.69) is 9.97 Å². The van der Waals surface area contributed by atoms with E-state index in [1.165, 1.54) is 6.07 Å². The Morgan fingerprint density at radius 3 is 2.62 bits per heavy atom. The van der Waals surface area contributed by atoms with E-state index in [1.54, 1.807) is 17.0 Å². The average Bonchev–Trinajstić information content (AvgIpc) is 2.86. The van der Waals surface area contributed by atoms with Gasteiger partial charge < -0.3 is 19.7 Å². The highest BCUT2D eigenvalue weighted by Crippen LogP contribution is 2.18. The minimum Gasteiger partial charge on any atom is -0.478 e. The molecule has 0 aliphatic rings. The highest BCUT2D eigenvalue weighted by Gasteiger charge is 2.23. The van der Waals surface area contributed by atoms with Crippen molar-refractivity contribution < 1.29 is 19.4 Å². The van der Waals surface area contributed by atoms with Gasteiger partial charge in [-0.2, -0.15) is 0 Å². The zero-order chi connectivity index (χ0) is 17.9. The molecule has 1 heterocycles. The molecule has 1 aromatic carbocycles. The van der Waals surface area contributed by atoms with Gasteiger partial charge in [0, 0.05) is 6.54 Å². The van der Waals surface area contributed by atoms with Crippen molar-refractivity contribution in [3.05, 3.63) is 29.6 Å². The van der Waals surface area contributed by atoms with Gasteiger partial charge >= 0.3 is 12.1 Å². The van der Waals surface area contributed by atoms with Crippen molar-refractivity contribution in [2.24, 2.45) is 0 Å². The molecule has 2 N–H and O–H groups in total. The number of carboxylic acid groups (broad SMARTS) is 1. The lowest BCUT2D eigenvalue weighted by molar-refractivity contribution is 0.0229. The molecule has 0 saturated carbocycles. The molecule has 0 saturated heterocycles. The molecule has 1 aromatic heterocycles. The largest absolute Gasteiger partial charge is 0.478 e. The average molecular weight is 333 g/mol. The summed E-state index contributed by atoms with van der Waals surface area (Å²) >= 11 is 0. The molecule has 0 aliphatic heterocycles. The predicted molar refractivity (Wildman–Crippen MR) is 90.0 cm³/mol. The van der Waals surface area contributed by atoms with Gasteiger partial charge in [-0.25, -0.2) is 14.6 Å². The lowest BCUT2D eigenvalue weighted by Crippen LogP contribution is -2.37. The normalized spacial score (nSPS) is 11.5. The van der Waals surface area contributed by atoms with E-state index in [0.717, 1.165) is 6.42 Å². The van der Waals surface area contributed by atoms with Crippen molar-refractivity contribution in [3.8, 4) is 0 Å². The first kappa shape index (κ1) is 17.8. The number of carboxylic acids is 1. The number of nitrogens with one attached hydrogen (secondary N) is 1. The molecule has 0 unspecified atom stereocenters. The Balaban J connectivity index is 2.26. The number of benzene rings is 1. The number of carbonyl (C=O) groups excluding carboxylic acids is 1. The molecular formula is C17H23N3O4. The standard InChI is InChI=1S/C17H23N3O4/c1-5-9-20(16(23)24-17(2,3)4)10-13-18-12-8-6-7-11(15(21)22)14(12)19-13/h6-8H,5,9-10H2,1-4H3,(H,18,19)(H,21,22). The molecule has 0 atom stereocenters. The Bertz CT molecular complexity index is 746. The Morgan fingerprint density at radius 1 is 1.33 bits per heavy atom. The summed E-state index contributed by atoms with van der Waals surface area (Å²) in [6.07, 6.45) is 0.364. The van der Waals surface area contributed by atoms with E-state index >= 15 is 0 Å². The first-order chi connectivity index (χ1) is 11.2. The molecule has 2 aromatic rings. The fourth-order valence-corrected chi connectivity index (χ4v) is 2.34. The van der Waals surface area contributed by atoms with Crippen LogP contribution in [-0.4, -0.2) is 44.2 Å². The summed E-state index contributed by atoms with van der Waals surface area (Å²) in [6, 6.07) is 4.92. The van der Waals surface area contributed by atoms with Crippen molar-refractivity contribution in [2.75, 3.05) is 6.54 Å². The van der Waals surface area contributed by atoms with Crippen LogP contribution in [-0.2, 0) is 11.3 Å². The molecule has 2 rings (SSSR count). The number of imidazole rings is 1. The molecule has 7 nitrogen and oxygen atoms in total. The summed E-state index contributed by atoms with van der Waals surface area (Å²) in [5.74, 6) is -0.505. The lowest BCUT2D eigenvalue weighted by atomic mass is 10.2. The van der Waals surface area contributed by atoms with Crippen LogP contribution in [0.2, 0.25) is 0 Å². The fourth-order valence-electron chi connectivity index (χ4n) is 2.34. The Hall–Kier alpha value is -2.57. The van der Waals surface area contributed by atoms with Crippen molar-refractivity contribution >= 4 is 23.1 Å². The van der Waals surface area contributed by atoms with Gasteiger partial charge in [-0.3, -0.25) is 0 Å². The molecule has 0 spiro atoms. The molecule has 1 amide bonds. The number of aromatic amines is 1. The highest BCUT2D eigenvalue weighted by atomic mass is 16.6. The van der Waals surface area contributed by atoms with Crippen LogP contribution in [0.15, 0.2) is 18.2 Å². The van der Waals surface area contributed by atoms with Gasteiger partial charge in [0.15, 0.2) is 0 Å². The SMILES string of the molecule is CCCN(Cc1nc2c(C(=O)O)cccc2[nH]1)C(=O)OC(C)(C)C. The van der Waals surface area contributed by atoms with Gasteiger partial charge in [0.25, 0.3) is 0 Å². The van der Waals surface area contributed by atoms with E-state index in [0.29, 0.717) is 23.4 Å². The van der Waals surface area contributed by atoms with E-state index < -0.39 is 17.7 Å². The maximum Gasteiger partial charge on any atom is 0.410 e. The number of para-hydroxylation sites is 1. The molecular weight excluding hydrogens is 310 g/mol. The second-order valence-corrected chi connectivity index (χ2v) is 6.59. The molecule has 0 aliphatic carbocycles. The second kappa shape index (κ2) is 6.90. The summed E-state index contributed by atoms with van der Waals surface area (Å²) in [4.78, 5) is 32.6. The monoisotopic (exact) mass is 333 g/mol. The minimum atomic E-state index is -1.03. The van der Waals surface area contributed by atoms with Crippen LogP contribution in [0.5, 0.6) is 0 Å². The highest BCUT2D eigenvalue weighted by molar-refractivity contribution is 6.00. The van der Waals surface area contributed by atoms with E-state index in [-0.39, 0.29) is 12.1 Å². The number of rotatable bonds is 5. The third kappa shape index (κ3) is 4.24. The Kier molecular flexibility index (Phi) is 5.11. The van der Waals surface area contributed by atoms with Crippen LogP contribution < -0.4 is 0 Å². The van der Waals surface area contributed by atoms with Crippen LogP contribution in [0.25, 0.3) is 11.0 Å². The van der Waals surface area contributed by atoms with Crippen LogP contribution in [0, 0.1) is 0 Å². The number of aromatic carboxylic acids is 1. The Labute approximate surface area is 140 Å². The number of hydrogen-bond donors (Lipinski definition) is 2. The van der Waals surface area contributed by atoms with Crippen LogP contribution in [0.3, 0.4) is 0 Å². The maximum atomic E-state index is 12.3. The number of carbonyl (C=O) groups is 2. The molecule has 130 valence electrons. The van der Waals surface area contributed by atoms with Gasteiger partial charge in [-0.1, -0.05) is 13.0 Å². The summed E-state index contributed by atoms with van der Waals surface area (Å²) in [6.45, 7) is 8.17. The zero-order valence-electron chi connectivity index (χ0n) is 14.4. The van der Waals surface area contributed by atoms with Crippen molar-refractivity contribution in [2.45, 2.75) is 46.3 Å². The Morgan fingerprint density at radius 2 is 2.04 bits per heavy atom. The van der Waals surface area contributed by atoms with Crippen LogP contribution in [0.1, 0.15) is 50.3 Å². The van der Waals surface area contributed by atoms with Gasteiger partial charge in [0.1, 0.15) is 16.9 Å². The molecule has 0 bridgehead atoms. The lowest BCUT2D eigenvalue weighted by Gasteiger charge is -2.26. The van der Waals surface area contributed by atoms with Crippen molar-refractivity contribution in [1.29, 1.82) is 0 Å². The zero-order valence-corrected chi connectivity index (χ0v) is 14.4. The van der Waals surface area contributed by atoms with E-state index in [1.807, 2.05) is 27.7 Å². The van der Waals surface area contributed by atoms with Crippen molar-refractivity contribution in [3.63, 3.8) is 0 Å². The predicted octanol–water partition coefficient (Wildman–Crippen LogP) is 3.41. The number of ether oxygens (including phenoxy) is 1. The number of aromatic nitrogens is 2. The van der Waals surface area contributed by atoms with Crippen LogP contribution >= 0.6 is 0 Å². The number of H-pyrrole nitrogens is 1. The summed E-state index contributed by atoms with van der Waals surface area (Å²) in [7, 11) is 0. The quantitative estimate of drug-likeness (QED) is 0.874. The van der Waals surface area contributed by atoms with Gasteiger partial charge in [0.2, 0.25) is 0 Å². The smallest absolute Gasteiger partial charge is 0.410 e. The van der Waals surface area contributed by atoms with Gasteiger partial charge in [-0.05, 0) is 39.3 Å². The molecule has 7 heteroatoms. The maximum absolute atomic E-state index is 12.3. The third-order valence-corrected chi connectivity index (χ3v) is 3.28. The van der Waals surface area contributed by atoms with Crippen molar-refractivity contribution in [1.82, 2.24) is 14.9 Å². The topological polar surface area (TPSA) is 95.5 Å². The summed E-state index contributed by atoms with van der Waals surface area (Å²) < 4.78 is 5.41. The number of nitrogens with zero attached hydrogens (tertiary/aromatic N) is 2. The summed E-state index contributed by atoms with van der Waals surface area (Å²) in [5, 5.41) is 9.24. The van der Waals surface area contributed by atoms with E-state index in [9.17, 15) is 14.7 Å². The number of hydrogen-bond acceptors (Lipinski definition) is 4.